The molecular formula is C22H18ClN3O2. The fourth-order valence-electron chi connectivity index (χ4n) is 2.55. The number of para-hydroxylation sites is 1. The second-order valence-electron chi connectivity index (χ2n) is 6.05. The second kappa shape index (κ2) is 9.56. The van der Waals surface area contributed by atoms with Crippen LogP contribution in [0.4, 0.5) is 5.69 Å². The number of anilines is 1. The molecule has 0 aliphatic carbocycles. The number of hydroxylamine groups is 1. The lowest BCUT2D eigenvalue weighted by Gasteiger charge is -2.12. The molecule has 140 valence electrons. The number of carbonyl (C=O) groups excluding carboxylic acids is 1. The molecule has 0 atom stereocenters. The fraction of sp³-hybridized carbons (Fsp3) is 0.0909. The lowest BCUT2D eigenvalue weighted by atomic mass is 10.1. The van der Waals surface area contributed by atoms with Crippen LogP contribution in [0.1, 0.15) is 27.0 Å². The van der Waals surface area contributed by atoms with E-state index in [4.69, 9.17) is 21.7 Å². The Bertz CT molecular complexity index is 980. The Morgan fingerprint density at radius 1 is 0.964 bits per heavy atom. The molecule has 0 fully saturated rings. The number of nitrogens with one attached hydrogen (secondary N) is 2. The molecule has 0 aliphatic rings. The van der Waals surface area contributed by atoms with Crippen molar-refractivity contribution in [1.29, 1.82) is 5.26 Å². The van der Waals surface area contributed by atoms with Crippen LogP contribution in [-0.4, -0.2) is 5.91 Å². The lowest BCUT2D eigenvalue weighted by Crippen LogP contribution is -2.24. The molecule has 5 nitrogen and oxygen atoms in total. The number of carbonyl (C=O) groups is 1. The number of hydrogen-bond acceptors (Lipinski definition) is 4. The van der Waals surface area contributed by atoms with Crippen LogP contribution in [0.15, 0.2) is 72.8 Å². The first-order chi connectivity index (χ1) is 13.7. The maximum absolute atomic E-state index is 12.5. The third-order valence-corrected chi connectivity index (χ3v) is 4.31. The highest BCUT2D eigenvalue weighted by atomic mass is 35.5. The number of nitrogens with zero attached hydrogens (tertiary/aromatic N) is 1. The number of hydrogen-bond donors (Lipinski definition) is 2. The van der Waals surface area contributed by atoms with Crippen molar-refractivity contribution >= 4 is 23.2 Å². The van der Waals surface area contributed by atoms with E-state index in [9.17, 15) is 4.79 Å². The third kappa shape index (κ3) is 5.34. The van der Waals surface area contributed by atoms with Crippen LogP contribution in [0, 0.1) is 11.3 Å². The van der Waals surface area contributed by atoms with Crippen LogP contribution < -0.4 is 10.8 Å². The van der Waals surface area contributed by atoms with Crippen molar-refractivity contribution in [2.75, 3.05) is 5.32 Å². The van der Waals surface area contributed by atoms with Crippen molar-refractivity contribution < 1.29 is 9.63 Å². The molecule has 0 bridgehead atoms. The largest absolute Gasteiger partial charge is 0.380 e. The van der Waals surface area contributed by atoms with Gasteiger partial charge in [0, 0.05) is 17.3 Å². The van der Waals surface area contributed by atoms with Crippen molar-refractivity contribution in [3.63, 3.8) is 0 Å². The summed E-state index contributed by atoms with van der Waals surface area (Å²) in [6.45, 7) is 0.769. The number of halogens is 1. The zero-order valence-electron chi connectivity index (χ0n) is 15.0. The van der Waals surface area contributed by atoms with E-state index in [-0.39, 0.29) is 12.5 Å². The first kappa shape index (κ1) is 19.4. The van der Waals surface area contributed by atoms with Gasteiger partial charge in [-0.25, -0.2) is 5.48 Å². The van der Waals surface area contributed by atoms with Gasteiger partial charge in [-0.3, -0.25) is 9.63 Å². The van der Waals surface area contributed by atoms with Gasteiger partial charge in [0.25, 0.3) is 5.91 Å². The highest BCUT2D eigenvalue weighted by Gasteiger charge is 2.11. The van der Waals surface area contributed by atoms with Gasteiger partial charge in [-0.1, -0.05) is 48.0 Å². The van der Waals surface area contributed by atoms with Crippen molar-refractivity contribution in [1.82, 2.24) is 5.48 Å². The monoisotopic (exact) mass is 391 g/mol. The highest BCUT2D eigenvalue weighted by molar-refractivity contribution is 6.30. The van der Waals surface area contributed by atoms with E-state index in [0.717, 1.165) is 11.1 Å². The van der Waals surface area contributed by atoms with Crippen molar-refractivity contribution in [2.45, 2.75) is 13.2 Å². The summed E-state index contributed by atoms with van der Waals surface area (Å²) in [5.74, 6) is -0.336. The van der Waals surface area contributed by atoms with Crippen LogP contribution in [0.3, 0.4) is 0 Å². The maximum Gasteiger partial charge on any atom is 0.276 e. The van der Waals surface area contributed by atoms with Gasteiger partial charge in [-0.05, 0) is 47.5 Å². The van der Waals surface area contributed by atoms with Gasteiger partial charge in [0.1, 0.15) is 0 Å². The number of nitriles is 1. The summed E-state index contributed by atoms with van der Waals surface area (Å²) >= 11 is 5.85. The predicted molar refractivity (Wildman–Crippen MR) is 109 cm³/mol. The average molecular weight is 392 g/mol. The Balaban J connectivity index is 1.58. The quantitative estimate of drug-likeness (QED) is 0.573. The zero-order chi connectivity index (χ0) is 19.8. The summed E-state index contributed by atoms with van der Waals surface area (Å²) in [5.41, 5.74) is 6.16. The minimum absolute atomic E-state index is 0.240. The number of rotatable bonds is 7. The Kier molecular flexibility index (Phi) is 6.64. The van der Waals surface area contributed by atoms with Crippen LogP contribution in [0.2, 0.25) is 5.02 Å². The lowest BCUT2D eigenvalue weighted by molar-refractivity contribution is 0.0234. The molecule has 0 aromatic heterocycles. The Labute approximate surface area is 168 Å². The average Bonchev–Trinajstić information content (AvgIpc) is 2.74. The highest BCUT2D eigenvalue weighted by Crippen LogP contribution is 2.17. The standard InChI is InChI=1S/C22H18ClN3O2/c23-19-11-9-18(10-12-19)15-28-26-22(27)20-3-1-2-4-21(20)25-14-17-7-5-16(13-24)6-8-17/h1-12,25H,14-15H2,(H,26,27). The van der Waals surface area contributed by atoms with Gasteiger partial charge in [0.15, 0.2) is 0 Å². The molecule has 1 amide bonds. The van der Waals surface area contributed by atoms with Gasteiger partial charge in [0.05, 0.1) is 23.8 Å². The van der Waals surface area contributed by atoms with E-state index < -0.39 is 0 Å². The molecule has 0 spiro atoms. The molecule has 28 heavy (non-hydrogen) atoms. The van der Waals surface area contributed by atoms with E-state index in [1.54, 1.807) is 36.4 Å². The zero-order valence-corrected chi connectivity index (χ0v) is 15.7. The fourth-order valence-corrected chi connectivity index (χ4v) is 2.68. The first-order valence-corrected chi connectivity index (χ1v) is 9.02. The van der Waals surface area contributed by atoms with E-state index >= 15 is 0 Å². The minimum Gasteiger partial charge on any atom is -0.380 e. The van der Waals surface area contributed by atoms with Crippen molar-refractivity contribution in [3.05, 3.63) is 100 Å². The third-order valence-electron chi connectivity index (χ3n) is 4.05. The molecule has 3 rings (SSSR count). The van der Waals surface area contributed by atoms with Crippen LogP contribution >= 0.6 is 11.6 Å². The van der Waals surface area contributed by atoms with Crippen LogP contribution in [0.5, 0.6) is 0 Å². The normalized spacial score (nSPS) is 10.1. The second-order valence-corrected chi connectivity index (χ2v) is 6.49. The summed E-state index contributed by atoms with van der Waals surface area (Å²) in [5, 5.41) is 12.8. The molecule has 0 unspecified atom stereocenters. The van der Waals surface area contributed by atoms with Gasteiger partial charge >= 0.3 is 0 Å². The topological polar surface area (TPSA) is 74.2 Å². The van der Waals surface area contributed by atoms with E-state index in [2.05, 4.69) is 16.9 Å². The molecule has 0 aliphatic heterocycles. The molecular weight excluding hydrogens is 374 g/mol. The van der Waals surface area contributed by atoms with Gasteiger partial charge in [0.2, 0.25) is 0 Å². The Morgan fingerprint density at radius 2 is 1.64 bits per heavy atom. The summed E-state index contributed by atoms with van der Waals surface area (Å²) in [4.78, 5) is 17.8. The number of amides is 1. The van der Waals surface area contributed by atoms with E-state index in [1.807, 2.05) is 36.4 Å². The van der Waals surface area contributed by atoms with Crippen molar-refractivity contribution in [3.8, 4) is 6.07 Å². The molecule has 3 aromatic carbocycles. The van der Waals surface area contributed by atoms with Gasteiger partial charge in [-0.15, -0.1) is 0 Å². The van der Waals surface area contributed by atoms with E-state index in [1.165, 1.54) is 0 Å². The summed E-state index contributed by atoms with van der Waals surface area (Å²) in [6, 6.07) is 23.8. The Hall–Kier alpha value is -3.33. The molecule has 6 heteroatoms. The minimum atomic E-state index is -0.336. The molecule has 0 saturated heterocycles. The van der Waals surface area contributed by atoms with E-state index in [0.29, 0.717) is 28.4 Å². The van der Waals surface area contributed by atoms with Crippen LogP contribution in [-0.2, 0) is 18.0 Å². The Morgan fingerprint density at radius 3 is 2.36 bits per heavy atom. The predicted octanol–water partition coefficient (Wildman–Crippen LogP) is 4.69. The van der Waals surface area contributed by atoms with Crippen LogP contribution in [0.25, 0.3) is 0 Å². The van der Waals surface area contributed by atoms with Crippen molar-refractivity contribution in [2.24, 2.45) is 0 Å². The summed E-state index contributed by atoms with van der Waals surface area (Å²) in [6.07, 6.45) is 0. The summed E-state index contributed by atoms with van der Waals surface area (Å²) < 4.78 is 0. The summed E-state index contributed by atoms with van der Waals surface area (Å²) in [7, 11) is 0. The van der Waals surface area contributed by atoms with Gasteiger partial charge < -0.3 is 5.32 Å². The SMILES string of the molecule is N#Cc1ccc(CNc2ccccc2C(=O)NOCc2ccc(Cl)cc2)cc1. The molecule has 0 radical (unpaired) electrons. The number of benzene rings is 3. The molecule has 0 heterocycles. The first-order valence-electron chi connectivity index (χ1n) is 8.64. The van der Waals surface area contributed by atoms with Gasteiger partial charge in [-0.2, -0.15) is 5.26 Å². The molecule has 3 aromatic rings. The smallest absolute Gasteiger partial charge is 0.276 e. The molecule has 0 saturated carbocycles. The maximum atomic E-state index is 12.5. The molecule has 2 N–H and O–H groups in total.